The van der Waals surface area contributed by atoms with E-state index in [4.69, 9.17) is 14.7 Å². The zero-order valence-corrected chi connectivity index (χ0v) is 22.8. The fourth-order valence-electron chi connectivity index (χ4n) is 5.33. The lowest BCUT2D eigenvalue weighted by atomic mass is 9.88. The van der Waals surface area contributed by atoms with E-state index in [-0.39, 0.29) is 11.7 Å². The Morgan fingerprint density at radius 3 is 2.39 bits per heavy atom. The highest BCUT2D eigenvalue weighted by molar-refractivity contribution is 5.93. The molecule has 6 heteroatoms. The summed E-state index contributed by atoms with van der Waals surface area (Å²) in [5.41, 5.74) is 4.53. The zero-order chi connectivity index (χ0) is 25.8. The maximum atomic E-state index is 14.0. The summed E-state index contributed by atoms with van der Waals surface area (Å²) in [6.07, 6.45) is 5.36. The molecular formula is C30H41FN4O. The Balaban J connectivity index is 0.00000148. The molecule has 2 fully saturated rings. The first-order valence-corrected chi connectivity index (χ1v) is 13.6. The summed E-state index contributed by atoms with van der Waals surface area (Å²) in [6.45, 7) is 11.2. The van der Waals surface area contributed by atoms with Crippen molar-refractivity contribution >= 4 is 22.4 Å². The van der Waals surface area contributed by atoms with Gasteiger partial charge in [-0.05, 0) is 80.8 Å². The smallest absolute Gasteiger partial charge is 0.140 e. The number of nitrogens with zero attached hydrogens (tertiary/aromatic N) is 4. The third-order valence-corrected chi connectivity index (χ3v) is 7.35. The number of aromatic nitrogens is 2. The number of benzene rings is 2. The minimum absolute atomic E-state index is 0.201. The minimum Gasteiger partial charge on any atom is -0.496 e. The molecule has 36 heavy (non-hydrogen) atoms. The van der Waals surface area contributed by atoms with E-state index in [0.717, 1.165) is 72.8 Å². The van der Waals surface area contributed by atoms with E-state index in [2.05, 4.69) is 42.8 Å². The van der Waals surface area contributed by atoms with Crippen LogP contribution in [-0.4, -0.2) is 43.8 Å². The Hall–Kier alpha value is -2.89. The predicted molar refractivity (Wildman–Crippen MR) is 148 cm³/mol. The van der Waals surface area contributed by atoms with Crippen molar-refractivity contribution in [3.8, 4) is 5.75 Å². The molecule has 5 rings (SSSR count). The first-order chi connectivity index (χ1) is 17.5. The molecule has 0 atom stereocenters. The number of methoxy groups -OCH3 is 1. The molecule has 0 N–H and O–H groups in total. The molecule has 5 nitrogen and oxygen atoms in total. The van der Waals surface area contributed by atoms with Gasteiger partial charge in [0, 0.05) is 49.2 Å². The second-order valence-electron chi connectivity index (χ2n) is 9.90. The van der Waals surface area contributed by atoms with Gasteiger partial charge in [0.1, 0.15) is 23.2 Å². The maximum absolute atomic E-state index is 14.0. The number of hydrogen-bond donors (Lipinski definition) is 0. The quantitative estimate of drug-likeness (QED) is 0.348. The summed E-state index contributed by atoms with van der Waals surface area (Å²) in [4.78, 5) is 14.8. The predicted octanol–water partition coefficient (Wildman–Crippen LogP) is 7.22. The van der Waals surface area contributed by atoms with Crippen LogP contribution in [0.4, 0.5) is 15.9 Å². The topological polar surface area (TPSA) is 41.5 Å². The summed E-state index contributed by atoms with van der Waals surface area (Å²) in [6, 6.07) is 9.38. The van der Waals surface area contributed by atoms with E-state index < -0.39 is 0 Å². The second kappa shape index (κ2) is 11.4. The maximum Gasteiger partial charge on any atom is 0.140 e. The average Bonchev–Trinajstić information content (AvgIpc) is 3.75. The number of halogens is 1. The van der Waals surface area contributed by atoms with Gasteiger partial charge in [0.25, 0.3) is 0 Å². The fourth-order valence-corrected chi connectivity index (χ4v) is 5.33. The first-order valence-electron chi connectivity index (χ1n) is 13.6. The summed E-state index contributed by atoms with van der Waals surface area (Å²) in [5.74, 6) is 3.41. The van der Waals surface area contributed by atoms with Crippen LogP contribution in [0.3, 0.4) is 0 Å². The molecule has 1 aromatic heterocycles. The largest absolute Gasteiger partial charge is 0.496 e. The summed E-state index contributed by atoms with van der Waals surface area (Å²) in [5, 5.41) is 1.13. The number of hydrogen-bond acceptors (Lipinski definition) is 5. The average molecular weight is 493 g/mol. The fraction of sp³-hybridized carbons (Fsp3) is 0.533. The van der Waals surface area contributed by atoms with Gasteiger partial charge in [-0.1, -0.05) is 20.8 Å². The van der Waals surface area contributed by atoms with E-state index in [9.17, 15) is 4.39 Å². The molecule has 3 aromatic rings. The molecule has 0 bridgehead atoms. The van der Waals surface area contributed by atoms with Crippen molar-refractivity contribution < 1.29 is 9.13 Å². The van der Waals surface area contributed by atoms with Crippen LogP contribution in [0.5, 0.6) is 5.75 Å². The molecule has 2 aliphatic rings. The summed E-state index contributed by atoms with van der Waals surface area (Å²) in [7, 11) is 3.82. The lowest BCUT2D eigenvalue weighted by Crippen LogP contribution is -2.34. The van der Waals surface area contributed by atoms with Crippen molar-refractivity contribution in [2.45, 2.75) is 71.6 Å². The molecule has 2 aromatic carbocycles. The molecule has 1 aliphatic carbocycles. The summed E-state index contributed by atoms with van der Waals surface area (Å²) >= 11 is 0. The van der Waals surface area contributed by atoms with Gasteiger partial charge in [0.15, 0.2) is 0 Å². The monoisotopic (exact) mass is 492 g/mol. The lowest BCUT2D eigenvalue weighted by molar-refractivity contribution is 0.395. The van der Waals surface area contributed by atoms with Crippen LogP contribution < -0.4 is 14.5 Å². The molecule has 1 saturated carbocycles. The Kier molecular flexibility index (Phi) is 8.32. The van der Waals surface area contributed by atoms with E-state index in [1.165, 1.54) is 30.2 Å². The summed E-state index contributed by atoms with van der Waals surface area (Å²) < 4.78 is 19.5. The normalized spacial score (nSPS) is 16.0. The SMILES string of the molecule is CC.CCCN(C)c1cc2c(N3CCC(c4cc(F)ccc4OC)CC3)nc(C3CC3)nc2cc1C. The van der Waals surface area contributed by atoms with Crippen molar-refractivity contribution in [2.24, 2.45) is 0 Å². The Labute approximate surface area is 215 Å². The van der Waals surface area contributed by atoms with Crippen molar-refractivity contribution in [3.63, 3.8) is 0 Å². The molecule has 0 radical (unpaired) electrons. The van der Waals surface area contributed by atoms with Crippen molar-refractivity contribution in [2.75, 3.05) is 43.6 Å². The zero-order valence-electron chi connectivity index (χ0n) is 22.8. The van der Waals surface area contributed by atoms with Crippen molar-refractivity contribution in [1.29, 1.82) is 0 Å². The van der Waals surface area contributed by atoms with Crippen molar-refractivity contribution in [1.82, 2.24) is 9.97 Å². The highest BCUT2D eigenvalue weighted by Gasteiger charge is 2.30. The van der Waals surface area contributed by atoms with Crippen LogP contribution in [0.2, 0.25) is 0 Å². The number of aryl methyl sites for hydroxylation is 1. The van der Waals surface area contributed by atoms with Crippen LogP contribution in [0, 0.1) is 12.7 Å². The molecule has 194 valence electrons. The second-order valence-corrected chi connectivity index (χ2v) is 9.90. The van der Waals surface area contributed by atoms with Crippen LogP contribution >= 0.6 is 0 Å². The van der Waals surface area contributed by atoms with Crippen LogP contribution in [0.15, 0.2) is 30.3 Å². The highest BCUT2D eigenvalue weighted by Crippen LogP contribution is 2.42. The van der Waals surface area contributed by atoms with Gasteiger partial charge in [-0.3, -0.25) is 0 Å². The van der Waals surface area contributed by atoms with Gasteiger partial charge in [-0.15, -0.1) is 0 Å². The minimum atomic E-state index is -0.201. The van der Waals surface area contributed by atoms with Gasteiger partial charge >= 0.3 is 0 Å². The van der Waals surface area contributed by atoms with Gasteiger partial charge in [0.05, 0.1) is 12.6 Å². The lowest BCUT2D eigenvalue weighted by Gasteiger charge is -2.34. The van der Waals surface area contributed by atoms with Crippen molar-refractivity contribution in [3.05, 3.63) is 53.1 Å². The number of ether oxygens (including phenoxy) is 1. The van der Waals surface area contributed by atoms with Crippen LogP contribution in [-0.2, 0) is 0 Å². The molecule has 0 unspecified atom stereocenters. The van der Waals surface area contributed by atoms with Gasteiger partial charge in [-0.25, -0.2) is 14.4 Å². The Bertz CT molecular complexity index is 1190. The molecular weight excluding hydrogens is 451 g/mol. The van der Waals surface area contributed by atoms with Gasteiger partial charge < -0.3 is 14.5 Å². The Morgan fingerprint density at radius 2 is 1.75 bits per heavy atom. The number of fused-ring (bicyclic) bond motifs is 1. The van der Waals surface area contributed by atoms with E-state index >= 15 is 0 Å². The first kappa shape index (κ1) is 26.2. The van der Waals surface area contributed by atoms with E-state index in [1.54, 1.807) is 19.2 Å². The van der Waals surface area contributed by atoms with Crippen LogP contribution in [0.1, 0.15) is 81.7 Å². The molecule has 0 spiro atoms. The number of piperidine rings is 1. The van der Waals surface area contributed by atoms with Crippen LogP contribution in [0.25, 0.3) is 10.9 Å². The molecule has 0 amide bonds. The van der Waals surface area contributed by atoms with E-state index in [1.807, 2.05) is 13.8 Å². The number of rotatable bonds is 7. The van der Waals surface area contributed by atoms with E-state index in [0.29, 0.717) is 5.92 Å². The molecule has 2 heterocycles. The third kappa shape index (κ3) is 5.42. The third-order valence-electron chi connectivity index (χ3n) is 7.35. The van der Waals surface area contributed by atoms with Gasteiger partial charge in [-0.2, -0.15) is 0 Å². The number of anilines is 2. The van der Waals surface area contributed by atoms with Gasteiger partial charge in [0.2, 0.25) is 0 Å². The molecule has 1 aliphatic heterocycles. The standard InChI is InChI=1S/C28H35FN4O.C2H6/c1-5-12-32(3)25-17-23-24(15-18(25)2)30-27(20-6-7-20)31-28(23)33-13-10-19(11-14-33)22-16-21(29)8-9-26(22)34-4;1-2/h8-9,15-17,19-20H,5-7,10-14H2,1-4H3;1-2H3. The highest BCUT2D eigenvalue weighted by atomic mass is 19.1. The Morgan fingerprint density at radius 1 is 1.03 bits per heavy atom. The molecule has 1 saturated heterocycles.